The van der Waals surface area contributed by atoms with Gasteiger partial charge in [-0.05, 0) is 49.9 Å². The summed E-state index contributed by atoms with van der Waals surface area (Å²) >= 11 is 0. The van der Waals surface area contributed by atoms with E-state index in [0.717, 1.165) is 5.56 Å². The number of carbonyl (C=O) groups is 2. The first-order chi connectivity index (χ1) is 11.9. The maximum atomic E-state index is 11.8. The summed E-state index contributed by atoms with van der Waals surface area (Å²) in [6, 6.07) is 5.38. The lowest BCUT2D eigenvalue weighted by atomic mass is 10.1. The summed E-state index contributed by atoms with van der Waals surface area (Å²) in [6.07, 6.45) is 1.09. The summed E-state index contributed by atoms with van der Waals surface area (Å²) in [5, 5.41) is 27.8. The fourth-order valence-corrected chi connectivity index (χ4v) is 2.00. The highest BCUT2D eigenvalue weighted by molar-refractivity contribution is 5.80. The standard InChI is InChI=1S/C15H23N3O7/c16-9-2-1-3-13(14(19)20)17-15(21)25-12-6-4-11(5-7-12)8-10-24-18(22)23/h4-7,13,22-23H,1-3,8-10,16H2,(H,17,21)(H,19,20). The second-order valence-electron chi connectivity index (χ2n) is 5.19. The number of hydrogen-bond donors (Lipinski definition) is 5. The SMILES string of the molecule is NCCCCC(NC(=O)Oc1ccc(CCON(O)O)cc1)C(=O)O. The van der Waals surface area contributed by atoms with E-state index in [4.69, 9.17) is 26.0 Å². The predicted molar refractivity (Wildman–Crippen MR) is 85.0 cm³/mol. The highest BCUT2D eigenvalue weighted by Gasteiger charge is 2.20. The third-order valence-electron chi connectivity index (χ3n) is 3.27. The molecule has 6 N–H and O–H groups in total. The molecule has 0 saturated carbocycles. The molecule has 1 aromatic carbocycles. The average Bonchev–Trinajstić information content (AvgIpc) is 2.55. The Morgan fingerprint density at radius 3 is 2.44 bits per heavy atom. The Morgan fingerprint density at radius 2 is 1.88 bits per heavy atom. The van der Waals surface area contributed by atoms with Gasteiger partial charge in [0.25, 0.3) is 0 Å². The van der Waals surface area contributed by atoms with Crippen molar-refractivity contribution in [2.75, 3.05) is 13.2 Å². The van der Waals surface area contributed by atoms with Gasteiger partial charge in [0, 0.05) is 0 Å². The summed E-state index contributed by atoms with van der Waals surface area (Å²) < 4.78 is 5.04. The van der Waals surface area contributed by atoms with Gasteiger partial charge in [0.05, 0.1) is 12.0 Å². The number of hydrogen-bond acceptors (Lipinski definition) is 8. The van der Waals surface area contributed by atoms with Gasteiger partial charge in [0.15, 0.2) is 0 Å². The van der Waals surface area contributed by atoms with Crippen LogP contribution in [0, 0.1) is 0 Å². The van der Waals surface area contributed by atoms with E-state index in [1.54, 1.807) is 12.1 Å². The van der Waals surface area contributed by atoms with Crippen LogP contribution in [-0.4, -0.2) is 52.2 Å². The number of carbonyl (C=O) groups excluding carboxylic acids is 1. The number of unbranched alkanes of at least 4 members (excludes halogenated alkanes) is 1. The highest BCUT2D eigenvalue weighted by Crippen LogP contribution is 2.13. The summed E-state index contributed by atoms with van der Waals surface area (Å²) in [6.45, 7) is 0.513. The van der Waals surface area contributed by atoms with Gasteiger partial charge in [-0.3, -0.25) is 15.3 Å². The van der Waals surface area contributed by atoms with Crippen LogP contribution in [0.4, 0.5) is 4.79 Å². The van der Waals surface area contributed by atoms with Crippen molar-refractivity contribution in [2.45, 2.75) is 31.7 Å². The van der Waals surface area contributed by atoms with Crippen molar-refractivity contribution < 1.29 is 34.7 Å². The Balaban J connectivity index is 2.45. The van der Waals surface area contributed by atoms with Crippen molar-refractivity contribution in [1.82, 2.24) is 10.7 Å². The molecule has 0 radical (unpaired) electrons. The minimum atomic E-state index is -1.13. The molecule has 1 aromatic rings. The third kappa shape index (κ3) is 8.98. The smallest absolute Gasteiger partial charge is 0.413 e. The van der Waals surface area contributed by atoms with Crippen molar-refractivity contribution in [2.24, 2.45) is 5.73 Å². The van der Waals surface area contributed by atoms with Gasteiger partial charge < -0.3 is 20.9 Å². The molecule has 0 heterocycles. The van der Waals surface area contributed by atoms with Gasteiger partial charge in [0.1, 0.15) is 11.8 Å². The summed E-state index contributed by atoms with van der Waals surface area (Å²) in [7, 11) is 0. The first-order valence-corrected chi connectivity index (χ1v) is 7.73. The molecule has 1 amide bonds. The number of carboxylic acid groups (broad SMARTS) is 1. The summed E-state index contributed by atoms with van der Waals surface area (Å²) in [4.78, 5) is 27.3. The minimum Gasteiger partial charge on any atom is -0.480 e. The highest BCUT2D eigenvalue weighted by atomic mass is 17.1. The van der Waals surface area contributed by atoms with Gasteiger partial charge in [-0.15, -0.1) is 0 Å². The number of amides is 1. The number of aliphatic carboxylic acids is 1. The Kier molecular flexibility index (Phi) is 9.43. The molecule has 10 heteroatoms. The first kappa shape index (κ1) is 20.8. The number of carboxylic acids is 1. The summed E-state index contributed by atoms with van der Waals surface area (Å²) in [5.41, 5.74) is 6.18. The molecule has 10 nitrogen and oxygen atoms in total. The average molecular weight is 357 g/mol. The van der Waals surface area contributed by atoms with E-state index in [2.05, 4.69) is 10.2 Å². The molecular weight excluding hydrogens is 334 g/mol. The van der Waals surface area contributed by atoms with Crippen molar-refractivity contribution in [3.63, 3.8) is 0 Å². The van der Waals surface area contributed by atoms with Crippen molar-refractivity contribution in [3.05, 3.63) is 29.8 Å². The van der Waals surface area contributed by atoms with Crippen LogP contribution in [0.2, 0.25) is 0 Å². The van der Waals surface area contributed by atoms with Gasteiger partial charge >= 0.3 is 12.1 Å². The fourth-order valence-electron chi connectivity index (χ4n) is 2.00. The van der Waals surface area contributed by atoms with E-state index in [-0.39, 0.29) is 24.2 Å². The maximum Gasteiger partial charge on any atom is 0.413 e. The molecule has 0 aromatic heterocycles. The molecule has 0 spiro atoms. The maximum absolute atomic E-state index is 11.8. The molecule has 1 unspecified atom stereocenters. The van der Waals surface area contributed by atoms with E-state index < -0.39 is 18.1 Å². The normalized spacial score (nSPS) is 12.0. The molecule has 0 aliphatic carbocycles. The van der Waals surface area contributed by atoms with Crippen LogP contribution in [-0.2, 0) is 16.1 Å². The van der Waals surface area contributed by atoms with E-state index in [0.29, 0.717) is 25.8 Å². The number of nitrogens with one attached hydrogen (secondary N) is 1. The van der Waals surface area contributed by atoms with Crippen molar-refractivity contribution >= 4 is 12.1 Å². The van der Waals surface area contributed by atoms with E-state index in [9.17, 15) is 9.59 Å². The lowest BCUT2D eigenvalue weighted by Crippen LogP contribution is -2.42. The largest absolute Gasteiger partial charge is 0.480 e. The Labute approximate surface area is 144 Å². The zero-order chi connectivity index (χ0) is 18.7. The van der Waals surface area contributed by atoms with Gasteiger partial charge in [-0.2, -0.15) is 0 Å². The number of ether oxygens (including phenoxy) is 1. The van der Waals surface area contributed by atoms with Crippen LogP contribution >= 0.6 is 0 Å². The monoisotopic (exact) mass is 357 g/mol. The van der Waals surface area contributed by atoms with Crippen LogP contribution in [0.25, 0.3) is 0 Å². The quantitative estimate of drug-likeness (QED) is 0.287. The molecule has 1 rings (SSSR count). The Hall–Kier alpha value is -2.24. The number of nitrogens with zero attached hydrogens (tertiary/aromatic N) is 1. The zero-order valence-electron chi connectivity index (χ0n) is 13.6. The van der Waals surface area contributed by atoms with Crippen molar-refractivity contribution in [1.29, 1.82) is 0 Å². The number of nitrogens with two attached hydrogens (primary N) is 1. The van der Waals surface area contributed by atoms with Gasteiger partial charge in [-0.1, -0.05) is 12.1 Å². The molecule has 0 aliphatic rings. The van der Waals surface area contributed by atoms with Crippen LogP contribution < -0.4 is 15.8 Å². The van der Waals surface area contributed by atoms with Crippen LogP contribution in [0.3, 0.4) is 0 Å². The molecule has 0 bridgehead atoms. The molecule has 0 saturated heterocycles. The van der Waals surface area contributed by atoms with Gasteiger partial charge in [-0.25, -0.2) is 9.59 Å². The molecule has 0 aliphatic heterocycles. The topological polar surface area (TPSA) is 155 Å². The fraction of sp³-hybridized carbons (Fsp3) is 0.467. The zero-order valence-corrected chi connectivity index (χ0v) is 13.6. The lowest BCUT2D eigenvalue weighted by molar-refractivity contribution is -0.492. The Bertz CT molecular complexity index is 536. The predicted octanol–water partition coefficient (Wildman–Crippen LogP) is 0.912. The minimum absolute atomic E-state index is 0.0524. The second kappa shape index (κ2) is 11.3. The third-order valence-corrected chi connectivity index (χ3v) is 3.27. The first-order valence-electron chi connectivity index (χ1n) is 7.73. The lowest BCUT2D eigenvalue weighted by Gasteiger charge is -2.14. The second-order valence-corrected chi connectivity index (χ2v) is 5.19. The van der Waals surface area contributed by atoms with Crippen LogP contribution in [0.5, 0.6) is 5.75 Å². The molecule has 1 atom stereocenters. The molecule has 0 fully saturated rings. The Morgan fingerprint density at radius 1 is 1.20 bits per heavy atom. The van der Waals surface area contributed by atoms with E-state index in [1.807, 2.05) is 0 Å². The van der Waals surface area contributed by atoms with E-state index in [1.165, 1.54) is 12.1 Å². The van der Waals surface area contributed by atoms with E-state index >= 15 is 0 Å². The molecule has 25 heavy (non-hydrogen) atoms. The van der Waals surface area contributed by atoms with Crippen LogP contribution in [0.15, 0.2) is 24.3 Å². The van der Waals surface area contributed by atoms with Gasteiger partial charge in [0.2, 0.25) is 0 Å². The summed E-state index contributed by atoms with van der Waals surface area (Å²) in [5.74, 6) is -0.884. The van der Waals surface area contributed by atoms with Crippen LogP contribution in [0.1, 0.15) is 24.8 Å². The number of benzene rings is 1. The van der Waals surface area contributed by atoms with Crippen molar-refractivity contribution in [3.8, 4) is 5.75 Å². The molecular formula is C15H23N3O7. The molecule has 140 valence electrons. The number of rotatable bonds is 11.